The van der Waals surface area contributed by atoms with Crippen molar-refractivity contribution in [3.63, 3.8) is 0 Å². The minimum atomic E-state index is 0.208. The fourth-order valence-corrected chi connectivity index (χ4v) is 1.49. The van der Waals surface area contributed by atoms with E-state index >= 15 is 0 Å². The van der Waals surface area contributed by atoms with E-state index in [9.17, 15) is 0 Å². The molecular weight excluding hydrogens is 180 g/mol. The first-order chi connectivity index (χ1) is 5.87. The molecule has 0 amide bonds. The summed E-state index contributed by atoms with van der Waals surface area (Å²) in [4.78, 5) is 0.941. The summed E-state index contributed by atoms with van der Waals surface area (Å²) in [5.74, 6) is 0.234. The third kappa shape index (κ3) is 7.15. The predicted molar refractivity (Wildman–Crippen MR) is 62.2 cm³/mol. The van der Waals surface area contributed by atoms with Crippen molar-refractivity contribution < 1.29 is 5.11 Å². The average Bonchev–Trinajstić information content (AvgIpc) is 1.95. The number of thiocarbonyl (C=S) groups is 1. The van der Waals surface area contributed by atoms with Crippen LogP contribution in [0.15, 0.2) is 0 Å². The lowest BCUT2D eigenvalue weighted by Gasteiger charge is -2.19. The SMILES string of the molecule is CC(=S)[C@@H](CO)CCCC(C)(C)C. The molecular formula is C11H22OS. The van der Waals surface area contributed by atoms with Gasteiger partial charge in [0.2, 0.25) is 0 Å². The molecule has 0 saturated carbocycles. The van der Waals surface area contributed by atoms with E-state index in [1.54, 1.807) is 0 Å². The summed E-state index contributed by atoms with van der Waals surface area (Å²) in [6.45, 7) is 8.86. The van der Waals surface area contributed by atoms with Crippen LogP contribution < -0.4 is 0 Å². The van der Waals surface area contributed by atoms with Crippen LogP contribution in [0.3, 0.4) is 0 Å². The maximum Gasteiger partial charge on any atom is 0.0504 e. The Labute approximate surface area is 87.5 Å². The lowest BCUT2D eigenvalue weighted by molar-refractivity contribution is 0.247. The van der Waals surface area contributed by atoms with Crippen molar-refractivity contribution in [3.05, 3.63) is 0 Å². The first-order valence-corrected chi connectivity index (χ1v) is 5.39. The van der Waals surface area contributed by atoms with Gasteiger partial charge in [0.1, 0.15) is 0 Å². The van der Waals surface area contributed by atoms with Gasteiger partial charge in [0, 0.05) is 5.92 Å². The molecule has 1 N–H and O–H groups in total. The van der Waals surface area contributed by atoms with Crippen LogP contribution >= 0.6 is 12.2 Å². The standard InChI is InChI=1S/C11H22OS/c1-9(13)10(8-12)6-5-7-11(2,3)4/h10,12H,5-8H2,1-4H3/t10-/m1/s1. The molecule has 0 bridgehead atoms. The number of hydrogen-bond donors (Lipinski definition) is 1. The van der Waals surface area contributed by atoms with Crippen molar-refractivity contribution in [1.82, 2.24) is 0 Å². The molecule has 0 heterocycles. The van der Waals surface area contributed by atoms with Gasteiger partial charge in [-0.2, -0.15) is 0 Å². The van der Waals surface area contributed by atoms with Crippen LogP contribution in [0.1, 0.15) is 47.0 Å². The van der Waals surface area contributed by atoms with Crippen molar-refractivity contribution in [1.29, 1.82) is 0 Å². The summed E-state index contributed by atoms with van der Waals surface area (Å²) in [5.41, 5.74) is 0.398. The molecule has 0 spiro atoms. The third-order valence-electron chi connectivity index (χ3n) is 2.27. The number of aliphatic hydroxyl groups excluding tert-OH is 1. The molecule has 0 aromatic heterocycles. The van der Waals surface area contributed by atoms with E-state index in [0.717, 1.165) is 17.7 Å². The second-order valence-corrected chi connectivity index (χ2v) is 5.59. The van der Waals surface area contributed by atoms with Crippen LogP contribution in [0.2, 0.25) is 0 Å². The zero-order valence-corrected chi connectivity index (χ0v) is 10.1. The van der Waals surface area contributed by atoms with Crippen molar-refractivity contribution in [2.75, 3.05) is 6.61 Å². The summed E-state index contributed by atoms with van der Waals surface area (Å²) in [7, 11) is 0. The summed E-state index contributed by atoms with van der Waals surface area (Å²) in [6, 6.07) is 0. The van der Waals surface area contributed by atoms with Crippen molar-refractivity contribution in [2.45, 2.75) is 47.0 Å². The molecule has 78 valence electrons. The summed E-state index contributed by atoms with van der Waals surface area (Å²) in [5, 5.41) is 9.04. The Morgan fingerprint density at radius 1 is 1.38 bits per heavy atom. The first kappa shape index (κ1) is 13.1. The molecule has 0 saturated heterocycles. The predicted octanol–water partition coefficient (Wildman–Crippen LogP) is 3.20. The van der Waals surface area contributed by atoms with Gasteiger partial charge in [0.15, 0.2) is 0 Å². The van der Waals surface area contributed by atoms with Crippen LogP contribution in [0.5, 0.6) is 0 Å². The van der Waals surface area contributed by atoms with E-state index < -0.39 is 0 Å². The molecule has 0 radical (unpaired) electrons. The topological polar surface area (TPSA) is 20.2 Å². The number of rotatable bonds is 5. The van der Waals surface area contributed by atoms with Crippen molar-refractivity contribution in [2.24, 2.45) is 11.3 Å². The van der Waals surface area contributed by atoms with Gasteiger partial charge < -0.3 is 5.11 Å². The molecule has 0 unspecified atom stereocenters. The lowest BCUT2D eigenvalue weighted by atomic mass is 9.87. The van der Waals surface area contributed by atoms with E-state index in [1.165, 1.54) is 6.42 Å². The van der Waals surface area contributed by atoms with Gasteiger partial charge in [-0.05, 0) is 30.0 Å². The van der Waals surface area contributed by atoms with E-state index in [2.05, 4.69) is 20.8 Å². The fraction of sp³-hybridized carbons (Fsp3) is 0.909. The Morgan fingerprint density at radius 3 is 2.23 bits per heavy atom. The Kier molecular flexibility index (Phi) is 5.73. The third-order valence-corrected chi connectivity index (χ3v) is 2.61. The Balaban J connectivity index is 3.68. The fourth-order valence-electron chi connectivity index (χ4n) is 1.30. The molecule has 0 aromatic carbocycles. The van der Waals surface area contributed by atoms with Gasteiger partial charge in [-0.15, -0.1) is 0 Å². The number of hydrogen-bond acceptors (Lipinski definition) is 2. The smallest absolute Gasteiger partial charge is 0.0504 e. The highest BCUT2D eigenvalue weighted by molar-refractivity contribution is 7.80. The highest BCUT2D eigenvalue weighted by Gasteiger charge is 2.13. The Morgan fingerprint density at radius 2 is 1.92 bits per heavy atom. The zero-order chi connectivity index (χ0) is 10.5. The zero-order valence-electron chi connectivity index (χ0n) is 9.26. The molecule has 13 heavy (non-hydrogen) atoms. The van der Waals surface area contributed by atoms with Crippen molar-refractivity contribution >= 4 is 17.1 Å². The molecule has 0 aliphatic carbocycles. The quantitative estimate of drug-likeness (QED) is 0.691. The molecule has 0 rings (SSSR count). The monoisotopic (exact) mass is 202 g/mol. The minimum absolute atomic E-state index is 0.208. The summed E-state index contributed by atoms with van der Waals surface area (Å²) < 4.78 is 0. The van der Waals surface area contributed by atoms with E-state index in [4.69, 9.17) is 17.3 Å². The van der Waals surface area contributed by atoms with Crippen LogP contribution in [0.4, 0.5) is 0 Å². The Hall–Kier alpha value is 0.0500. The van der Waals surface area contributed by atoms with Crippen LogP contribution in [-0.4, -0.2) is 16.6 Å². The van der Waals surface area contributed by atoms with Gasteiger partial charge in [0.25, 0.3) is 0 Å². The van der Waals surface area contributed by atoms with Gasteiger partial charge in [-0.3, -0.25) is 0 Å². The molecule has 0 aliphatic heterocycles. The molecule has 0 aromatic rings. The van der Waals surface area contributed by atoms with Crippen molar-refractivity contribution in [3.8, 4) is 0 Å². The molecule has 2 heteroatoms. The minimum Gasteiger partial charge on any atom is -0.396 e. The number of aliphatic hydroxyl groups is 1. The van der Waals surface area contributed by atoms with Gasteiger partial charge in [-0.1, -0.05) is 39.4 Å². The van der Waals surface area contributed by atoms with Gasteiger partial charge in [-0.25, -0.2) is 0 Å². The van der Waals surface area contributed by atoms with Gasteiger partial charge in [0.05, 0.1) is 6.61 Å². The highest BCUT2D eigenvalue weighted by Crippen LogP contribution is 2.23. The first-order valence-electron chi connectivity index (χ1n) is 4.98. The molecule has 1 nitrogen and oxygen atoms in total. The van der Waals surface area contributed by atoms with Gasteiger partial charge >= 0.3 is 0 Å². The second-order valence-electron chi connectivity index (χ2n) is 4.94. The van der Waals surface area contributed by atoms with Crippen LogP contribution in [-0.2, 0) is 0 Å². The highest BCUT2D eigenvalue weighted by atomic mass is 32.1. The van der Waals surface area contributed by atoms with E-state index in [-0.39, 0.29) is 12.5 Å². The summed E-state index contributed by atoms with van der Waals surface area (Å²) in [6.07, 6.45) is 3.39. The molecule has 0 fully saturated rings. The normalized spacial score (nSPS) is 14.2. The van der Waals surface area contributed by atoms with Crippen LogP contribution in [0.25, 0.3) is 0 Å². The molecule has 0 aliphatic rings. The van der Waals surface area contributed by atoms with E-state index in [1.807, 2.05) is 6.92 Å². The van der Waals surface area contributed by atoms with Crippen LogP contribution in [0, 0.1) is 11.3 Å². The molecule has 1 atom stereocenters. The average molecular weight is 202 g/mol. The maximum atomic E-state index is 9.04. The van der Waals surface area contributed by atoms with E-state index in [0.29, 0.717) is 5.41 Å². The lowest BCUT2D eigenvalue weighted by Crippen LogP contribution is -2.15. The second kappa shape index (κ2) is 5.71. The largest absolute Gasteiger partial charge is 0.396 e. The summed E-state index contributed by atoms with van der Waals surface area (Å²) >= 11 is 5.06. The maximum absolute atomic E-state index is 9.04. The Bertz CT molecular complexity index is 158.